The van der Waals surface area contributed by atoms with Gasteiger partial charge in [-0.2, -0.15) is 0 Å². The van der Waals surface area contributed by atoms with Gasteiger partial charge in [-0.25, -0.2) is 36.5 Å². The molecule has 0 spiro atoms. The molecule has 1 aromatic heterocycles. The van der Waals surface area contributed by atoms with E-state index in [0.717, 1.165) is 29.3 Å². The number of sulfonamides is 1. The highest BCUT2D eigenvalue weighted by atomic mass is 32.2. The third-order valence-electron chi connectivity index (χ3n) is 5.47. The lowest BCUT2D eigenvalue weighted by molar-refractivity contribution is 0.287. The van der Waals surface area contributed by atoms with E-state index in [1.54, 1.807) is 0 Å². The van der Waals surface area contributed by atoms with Crippen molar-refractivity contribution in [3.8, 4) is 5.88 Å². The average Bonchev–Trinajstić information content (AvgIpc) is 3.56. The van der Waals surface area contributed by atoms with Crippen LogP contribution in [-0.4, -0.2) is 48.1 Å². The van der Waals surface area contributed by atoms with Gasteiger partial charge in [-0.15, -0.1) is 0 Å². The molecule has 0 saturated heterocycles. The van der Waals surface area contributed by atoms with Gasteiger partial charge in [-0.1, -0.05) is 6.07 Å². The number of hydrogen-bond acceptors (Lipinski definition) is 7. The summed E-state index contributed by atoms with van der Waals surface area (Å²) in [6.07, 6.45) is 6.05. The van der Waals surface area contributed by atoms with Gasteiger partial charge in [0.25, 0.3) is 0 Å². The van der Waals surface area contributed by atoms with Crippen LogP contribution < -0.4 is 10.5 Å². The Morgan fingerprint density at radius 2 is 2.09 bits per heavy atom. The molecule has 2 aromatic rings. The van der Waals surface area contributed by atoms with Crippen LogP contribution in [0.3, 0.4) is 0 Å². The minimum atomic E-state index is -3.78. The Balaban J connectivity index is 1.60. The SMILES string of the molecule is CN1C(N)=NC(C)(c2cc(C=C(F)c3cnc(OCC4CC4)cn3)ccc2F)CS1(=O)=O. The number of halogens is 2. The van der Waals surface area contributed by atoms with E-state index < -0.39 is 33.0 Å². The molecule has 0 bridgehead atoms. The van der Waals surface area contributed by atoms with Crippen molar-refractivity contribution in [2.45, 2.75) is 25.3 Å². The van der Waals surface area contributed by atoms with Crippen LogP contribution in [0, 0.1) is 11.7 Å². The molecule has 8 nitrogen and oxygen atoms in total. The summed E-state index contributed by atoms with van der Waals surface area (Å²) >= 11 is 0. The van der Waals surface area contributed by atoms with Crippen LogP contribution in [0.5, 0.6) is 5.88 Å². The Morgan fingerprint density at radius 3 is 2.72 bits per heavy atom. The van der Waals surface area contributed by atoms with E-state index in [0.29, 0.717) is 24.0 Å². The zero-order valence-electron chi connectivity index (χ0n) is 17.6. The lowest BCUT2D eigenvalue weighted by Gasteiger charge is -2.34. The Kier molecular flexibility index (Phi) is 5.61. The number of guanidine groups is 1. The van der Waals surface area contributed by atoms with Crippen molar-refractivity contribution in [3.63, 3.8) is 0 Å². The van der Waals surface area contributed by atoms with Crippen LogP contribution in [0.2, 0.25) is 0 Å². The molecule has 1 fully saturated rings. The second-order valence-electron chi connectivity index (χ2n) is 8.19. The first-order chi connectivity index (χ1) is 15.1. The maximum Gasteiger partial charge on any atom is 0.239 e. The average molecular weight is 464 g/mol. The first-order valence-electron chi connectivity index (χ1n) is 10.0. The molecule has 1 aromatic carbocycles. The van der Waals surface area contributed by atoms with Gasteiger partial charge in [-0.3, -0.25) is 0 Å². The highest BCUT2D eigenvalue weighted by Crippen LogP contribution is 2.34. The van der Waals surface area contributed by atoms with E-state index in [1.165, 1.54) is 38.5 Å². The van der Waals surface area contributed by atoms with Crippen molar-refractivity contribution in [1.82, 2.24) is 14.3 Å². The van der Waals surface area contributed by atoms with Crippen molar-refractivity contribution in [3.05, 3.63) is 53.2 Å². The molecule has 1 aliphatic carbocycles. The van der Waals surface area contributed by atoms with E-state index in [-0.39, 0.29) is 17.2 Å². The maximum atomic E-state index is 14.8. The molecule has 2 heterocycles. The summed E-state index contributed by atoms with van der Waals surface area (Å²) in [5.74, 6) is -1.19. The lowest BCUT2D eigenvalue weighted by atomic mass is 9.92. The summed E-state index contributed by atoms with van der Waals surface area (Å²) in [4.78, 5) is 12.3. The summed E-state index contributed by atoms with van der Waals surface area (Å²) in [7, 11) is -2.50. The second kappa shape index (κ2) is 8.12. The van der Waals surface area contributed by atoms with E-state index in [4.69, 9.17) is 10.5 Å². The third-order valence-corrected chi connectivity index (χ3v) is 7.41. The molecule has 32 heavy (non-hydrogen) atoms. The Hall–Kier alpha value is -3.08. The number of rotatable bonds is 6. The highest BCUT2D eigenvalue weighted by Gasteiger charge is 2.41. The number of nitrogens with two attached hydrogens (primary N) is 1. The van der Waals surface area contributed by atoms with Gasteiger partial charge in [0.1, 0.15) is 17.1 Å². The van der Waals surface area contributed by atoms with Crippen molar-refractivity contribution in [2.24, 2.45) is 16.6 Å². The van der Waals surface area contributed by atoms with Gasteiger partial charge >= 0.3 is 0 Å². The summed E-state index contributed by atoms with van der Waals surface area (Å²) < 4.78 is 60.5. The normalized spacial score (nSPS) is 23.1. The molecule has 2 aliphatic rings. The predicted molar refractivity (Wildman–Crippen MR) is 116 cm³/mol. The number of aliphatic imine (C=N–C) groups is 1. The molecule has 1 saturated carbocycles. The van der Waals surface area contributed by atoms with Gasteiger partial charge in [0.05, 0.1) is 24.8 Å². The van der Waals surface area contributed by atoms with Crippen molar-refractivity contribution in [2.75, 3.05) is 19.4 Å². The molecular formula is C21H23F2N5O3S. The summed E-state index contributed by atoms with van der Waals surface area (Å²) in [6.45, 7) is 2.04. The van der Waals surface area contributed by atoms with Crippen molar-refractivity contribution < 1.29 is 21.9 Å². The molecule has 0 radical (unpaired) electrons. The van der Waals surface area contributed by atoms with Crippen LogP contribution in [-0.2, 0) is 15.6 Å². The lowest BCUT2D eigenvalue weighted by Crippen LogP contribution is -2.50. The largest absolute Gasteiger partial charge is 0.476 e. The summed E-state index contributed by atoms with van der Waals surface area (Å²) in [6, 6.07) is 3.86. The number of hydrogen-bond donors (Lipinski definition) is 1. The van der Waals surface area contributed by atoms with E-state index >= 15 is 0 Å². The minimum Gasteiger partial charge on any atom is -0.476 e. The number of benzene rings is 1. The molecule has 11 heteroatoms. The van der Waals surface area contributed by atoms with Crippen LogP contribution in [0.4, 0.5) is 8.78 Å². The molecule has 4 rings (SSSR count). The van der Waals surface area contributed by atoms with E-state index in [2.05, 4.69) is 15.0 Å². The predicted octanol–water partition coefficient (Wildman–Crippen LogP) is 2.68. The highest BCUT2D eigenvalue weighted by molar-refractivity contribution is 7.89. The standard InChI is InChI=1S/C21H23F2N5O3S/c1-21(12-32(29,30)28(2)20(24)27-21)15-7-14(5-6-16(15)22)8-17(23)18-9-26-19(10-25-18)31-11-13-3-4-13/h5-10,13H,3-4,11-12H2,1-2H3,(H2,24,27). The molecule has 1 unspecified atom stereocenters. The number of aromatic nitrogens is 2. The fourth-order valence-corrected chi connectivity index (χ4v) is 4.81. The second-order valence-corrected chi connectivity index (χ2v) is 10.2. The van der Waals surface area contributed by atoms with Gasteiger partial charge in [0.2, 0.25) is 21.9 Å². The van der Waals surface area contributed by atoms with Crippen LogP contribution in [0.1, 0.15) is 36.6 Å². The van der Waals surface area contributed by atoms with Crippen LogP contribution in [0.25, 0.3) is 11.9 Å². The molecule has 0 amide bonds. The van der Waals surface area contributed by atoms with Crippen molar-refractivity contribution in [1.29, 1.82) is 0 Å². The Labute approximate surface area is 184 Å². The summed E-state index contributed by atoms with van der Waals surface area (Å²) in [5, 5.41) is 0. The van der Waals surface area contributed by atoms with Gasteiger partial charge < -0.3 is 10.5 Å². The minimum absolute atomic E-state index is 0.00594. The topological polar surface area (TPSA) is 111 Å². The number of ether oxygens (including phenoxy) is 1. The molecule has 1 atom stereocenters. The molecule has 170 valence electrons. The zero-order chi connectivity index (χ0) is 23.1. The fourth-order valence-electron chi connectivity index (χ4n) is 3.36. The molecule has 2 N–H and O–H groups in total. The van der Waals surface area contributed by atoms with E-state index in [1.807, 2.05) is 0 Å². The van der Waals surface area contributed by atoms with E-state index in [9.17, 15) is 17.2 Å². The quantitative estimate of drug-likeness (QED) is 0.705. The molecule has 1 aliphatic heterocycles. The Morgan fingerprint density at radius 1 is 1.34 bits per heavy atom. The van der Waals surface area contributed by atoms with Crippen LogP contribution in [0.15, 0.2) is 35.6 Å². The van der Waals surface area contributed by atoms with Gasteiger partial charge in [-0.05, 0) is 49.5 Å². The monoisotopic (exact) mass is 463 g/mol. The van der Waals surface area contributed by atoms with Crippen molar-refractivity contribution >= 4 is 27.9 Å². The maximum absolute atomic E-state index is 14.8. The Bertz CT molecular complexity index is 1200. The number of nitrogens with zero attached hydrogens (tertiary/aromatic N) is 4. The smallest absolute Gasteiger partial charge is 0.239 e. The fraction of sp³-hybridized carbons (Fsp3) is 0.381. The first kappa shape index (κ1) is 22.1. The molecular weight excluding hydrogens is 440 g/mol. The summed E-state index contributed by atoms with van der Waals surface area (Å²) in [5.41, 5.74) is 4.58. The van der Waals surface area contributed by atoms with Gasteiger partial charge in [0, 0.05) is 12.6 Å². The zero-order valence-corrected chi connectivity index (χ0v) is 18.4. The third kappa shape index (κ3) is 4.57. The first-order valence-corrected chi connectivity index (χ1v) is 11.6. The van der Waals surface area contributed by atoms with Crippen LogP contribution >= 0.6 is 0 Å². The van der Waals surface area contributed by atoms with Gasteiger partial charge in [0.15, 0.2) is 5.83 Å².